The van der Waals surface area contributed by atoms with Crippen molar-refractivity contribution in [1.29, 1.82) is 0 Å². The maximum absolute atomic E-state index is 13.6. The van der Waals surface area contributed by atoms with Crippen molar-refractivity contribution < 1.29 is 14.3 Å². The lowest BCUT2D eigenvalue weighted by Crippen LogP contribution is -2.61. The lowest BCUT2D eigenvalue weighted by Gasteiger charge is -2.50. The Hall–Kier alpha value is -1.88. The van der Waals surface area contributed by atoms with Crippen LogP contribution in [0.2, 0.25) is 0 Å². The van der Waals surface area contributed by atoms with Crippen LogP contribution in [-0.4, -0.2) is 48.6 Å². The molecule has 1 aromatic carbocycles. The topological polar surface area (TPSA) is 58.6 Å². The van der Waals surface area contributed by atoms with Gasteiger partial charge in [-0.2, -0.15) is 0 Å². The fraction of sp³-hybridized carbons (Fsp3) is 0.652. The first kappa shape index (κ1) is 19.4. The normalized spacial score (nSPS) is 24.4. The van der Waals surface area contributed by atoms with Gasteiger partial charge in [-0.05, 0) is 37.3 Å². The first-order valence-electron chi connectivity index (χ1n) is 10.9. The number of ether oxygens (including phenoxy) is 1. The van der Waals surface area contributed by atoms with E-state index in [1.54, 1.807) is 7.11 Å². The van der Waals surface area contributed by atoms with Gasteiger partial charge in [0.25, 0.3) is 5.91 Å². The van der Waals surface area contributed by atoms with Crippen LogP contribution < -0.4 is 5.32 Å². The molecule has 1 atom stereocenters. The van der Waals surface area contributed by atoms with Gasteiger partial charge < -0.3 is 15.0 Å². The van der Waals surface area contributed by atoms with Crippen molar-refractivity contribution in [3.8, 4) is 0 Å². The molecule has 1 heterocycles. The summed E-state index contributed by atoms with van der Waals surface area (Å²) in [5.41, 5.74) is 1.18. The fourth-order valence-electron chi connectivity index (χ4n) is 5.71. The van der Waals surface area contributed by atoms with E-state index in [0.717, 1.165) is 44.1 Å². The number of amides is 2. The number of benzene rings is 1. The zero-order valence-corrected chi connectivity index (χ0v) is 16.9. The highest BCUT2D eigenvalue weighted by Gasteiger charge is 2.55. The van der Waals surface area contributed by atoms with Crippen LogP contribution in [0.25, 0.3) is 0 Å². The van der Waals surface area contributed by atoms with Crippen LogP contribution in [-0.2, 0) is 9.53 Å². The summed E-state index contributed by atoms with van der Waals surface area (Å²) in [6, 6.07) is 8.00. The molecule has 2 saturated carbocycles. The Morgan fingerprint density at radius 3 is 2.57 bits per heavy atom. The van der Waals surface area contributed by atoms with Crippen LogP contribution in [0.3, 0.4) is 0 Å². The van der Waals surface area contributed by atoms with Crippen molar-refractivity contribution in [2.45, 2.75) is 75.3 Å². The first-order valence-corrected chi connectivity index (χ1v) is 10.9. The van der Waals surface area contributed by atoms with E-state index in [4.69, 9.17) is 4.74 Å². The van der Waals surface area contributed by atoms with E-state index < -0.39 is 5.54 Å². The van der Waals surface area contributed by atoms with E-state index in [9.17, 15) is 9.59 Å². The molecule has 2 aliphatic carbocycles. The highest BCUT2D eigenvalue weighted by atomic mass is 16.5. The molecule has 0 aromatic heterocycles. The maximum atomic E-state index is 13.6. The summed E-state index contributed by atoms with van der Waals surface area (Å²) >= 11 is 0. The second kappa shape index (κ2) is 8.24. The number of fused-ring (bicyclic) bond motifs is 1. The van der Waals surface area contributed by atoms with E-state index in [-0.39, 0.29) is 23.8 Å². The smallest absolute Gasteiger partial charge is 0.254 e. The Labute approximate surface area is 167 Å². The molecule has 1 aliphatic heterocycles. The Bertz CT molecular complexity index is 720. The van der Waals surface area contributed by atoms with E-state index in [0.29, 0.717) is 18.7 Å². The molecular weight excluding hydrogens is 352 g/mol. The van der Waals surface area contributed by atoms with Crippen molar-refractivity contribution in [3.05, 3.63) is 35.4 Å². The standard InChI is InChI=1S/C23H32N2O3/c1-28-16-15-25-22(27)19-12-6-5-11-18(19)20(23(25)13-7-8-14-23)21(26)24-17-9-3-2-4-10-17/h5-6,11-12,17,20H,2-4,7-10,13-16H2,1H3,(H,24,26)/t20-/m1/s1. The van der Waals surface area contributed by atoms with Crippen molar-refractivity contribution >= 4 is 11.8 Å². The average molecular weight is 385 g/mol. The Morgan fingerprint density at radius 2 is 1.86 bits per heavy atom. The second-order valence-corrected chi connectivity index (χ2v) is 8.62. The molecule has 1 spiro atoms. The fourth-order valence-corrected chi connectivity index (χ4v) is 5.71. The molecule has 5 nitrogen and oxygen atoms in total. The van der Waals surface area contributed by atoms with Crippen molar-refractivity contribution in [2.24, 2.45) is 0 Å². The molecule has 1 N–H and O–H groups in total. The van der Waals surface area contributed by atoms with Gasteiger partial charge in [-0.3, -0.25) is 9.59 Å². The number of rotatable bonds is 5. The molecule has 0 bridgehead atoms. The largest absolute Gasteiger partial charge is 0.383 e. The second-order valence-electron chi connectivity index (χ2n) is 8.62. The molecule has 2 fully saturated rings. The molecule has 152 valence electrons. The van der Waals surface area contributed by atoms with Gasteiger partial charge in [0, 0.05) is 25.3 Å². The van der Waals surface area contributed by atoms with Crippen LogP contribution in [0, 0.1) is 0 Å². The first-order chi connectivity index (χ1) is 13.7. The van der Waals surface area contributed by atoms with Crippen molar-refractivity contribution in [3.63, 3.8) is 0 Å². The van der Waals surface area contributed by atoms with Crippen LogP contribution in [0.1, 0.15) is 79.6 Å². The van der Waals surface area contributed by atoms with Gasteiger partial charge >= 0.3 is 0 Å². The van der Waals surface area contributed by atoms with Crippen LogP contribution in [0.4, 0.5) is 0 Å². The molecule has 5 heteroatoms. The van der Waals surface area contributed by atoms with Crippen molar-refractivity contribution in [1.82, 2.24) is 10.2 Å². The Balaban J connectivity index is 1.72. The highest BCUT2D eigenvalue weighted by Crippen LogP contribution is 2.50. The van der Waals surface area contributed by atoms with Gasteiger partial charge in [0.2, 0.25) is 5.91 Å². The SMILES string of the molecule is COCCN1C(=O)c2ccccc2[C@H](C(=O)NC2CCCCC2)C12CCCC2. The summed E-state index contributed by atoms with van der Waals surface area (Å²) in [6.07, 6.45) is 9.68. The quantitative estimate of drug-likeness (QED) is 0.843. The Kier molecular flexibility index (Phi) is 5.72. The highest BCUT2D eigenvalue weighted by molar-refractivity contribution is 6.02. The minimum absolute atomic E-state index is 0.0521. The molecule has 4 rings (SSSR count). The van der Waals surface area contributed by atoms with Gasteiger partial charge in [0.1, 0.15) is 0 Å². The zero-order chi connectivity index (χ0) is 19.6. The predicted octanol–water partition coefficient (Wildman–Crippen LogP) is 3.63. The lowest BCUT2D eigenvalue weighted by molar-refractivity contribution is -0.127. The summed E-state index contributed by atoms with van der Waals surface area (Å²) in [6.45, 7) is 1.03. The molecule has 3 aliphatic rings. The van der Waals surface area contributed by atoms with Crippen LogP contribution in [0.15, 0.2) is 24.3 Å². The Morgan fingerprint density at radius 1 is 1.14 bits per heavy atom. The molecule has 0 unspecified atom stereocenters. The summed E-state index contributed by atoms with van der Waals surface area (Å²) in [5.74, 6) is -0.130. The van der Waals surface area contributed by atoms with Gasteiger partial charge in [-0.15, -0.1) is 0 Å². The summed E-state index contributed by atoms with van der Waals surface area (Å²) < 4.78 is 5.31. The number of carbonyl (C=O) groups excluding carboxylic acids is 2. The van der Waals surface area contributed by atoms with E-state index in [1.165, 1.54) is 19.3 Å². The van der Waals surface area contributed by atoms with Gasteiger partial charge in [0.05, 0.1) is 18.1 Å². The van der Waals surface area contributed by atoms with Gasteiger partial charge in [-0.25, -0.2) is 0 Å². The van der Waals surface area contributed by atoms with Crippen molar-refractivity contribution in [2.75, 3.05) is 20.3 Å². The van der Waals surface area contributed by atoms with E-state index in [2.05, 4.69) is 5.32 Å². The molecule has 1 aromatic rings. The number of nitrogens with zero attached hydrogens (tertiary/aromatic N) is 1. The van der Waals surface area contributed by atoms with Crippen LogP contribution in [0.5, 0.6) is 0 Å². The number of hydrogen-bond donors (Lipinski definition) is 1. The third kappa shape index (κ3) is 3.34. The monoisotopic (exact) mass is 384 g/mol. The third-order valence-corrected chi connectivity index (χ3v) is 7.02. The minimum Gasteiger partial charge on any atom is -0.383 e. The van der Waals surface area contributed by atoms with E-state index >= 15 is 0 Å². The number of nitrogens with one attached hydrogen (secondary N) is 1. The third-order valence-electron chi connectivity index (χ3n) is 7.02. The summed E-state index contributed by atoms with van der Waals surface area (Å²) in [5, 5.41) is 3.36. The molecule has 28 heavy (non-hydrogen) atoms. The number of methoxy groups -OCH3 is 1. The molecule has 2 amide bonds. The molecule has 0 saturated heterocycles. The average Bonchev–Trinajstić information content (AvgIpc) is 3.18. The van der Waals surface area contributed by atoms with Gasteiger partial charge in [0.15, 0.2) is 0 Å². The number of hydrogen-bond acceptors (Lipinski definition) is 3. The predicted molar refractivity (Wildman–Crippen MR) is 108 cm³/mol. The van der Waals surface area contributed by atoms with Crippen LogP contribution >= 0.6 is 0 Å². The summed E-state index contributed by atoms with van der Waals surface area (Å²) in [7, 11) is 1.66. The van der Waals surface area contributed by atoms with Gasteiger partial charge in [-0.1, -0.05) is 50.3 Å². The summed E-state index contributed by atoms with van der Waals surface area (Å²) in [4.78, 5) is 29.0. The van der Waals surface area contributed by atoms with E-state index in [1.807, 2.05) is 29.2 Å². The minimum atomic E-state index is -0.414. The zero-order valence-electron chi connectivity index (χ0n) is 16.9. The number of carbonyl (C=O) groups is 2. The lowest BCUT2D eigenvalue weighted by atomic mass is 9.71. The molecule has 0 radical (unpaired) electrons. The maximum Gasteiger partial charge on any atom is 0.254 e. The molecular formula is C23H32N2O3.